The molecule has 0 heterocycles. The fourth-order valence-electron chi connectivity index (χ4n) is 1.35. The van der Waals surface area contributed by atoms with Crippen LogP contribution in [0.5, 0.6) is 0 Å². The van der Waals surface area contributed by atoms with E-state index >= 15 is 0 Å². The van der Waals surface area contributed by atoms with Gasteiger partial charge in [-0.25, -0.2) is 4.79 Å². The lowest BCUT2D eigenvalue weighted by atomic mass is 10.2. The second-order valence-electron chi connectivity index (χ2n) is 3.48. The van der Waals surface area contributed by atoms with E-state index in [4.69, 9.17) is 4.74 Å². The van der Waals surface area contributed by atoms with E-state index in [1.165, 1.54) is 0 Å². The van der Waals surface area contributed by atoms with Gasteiger partial charge in [0.15, 0.2) is 0 Å². The Hall–Kier alpha value is -2.29. The monoisotopic (exact) mass is 226 g/mol. The molecule has 85 valence electrons. The first-order valence-electron chi connectivity index (χ1n) is 5.28. The van der Waals surface area contributed by atoms with E-state index in [0.717, 1.165) is 5.56 Å². The topological polar surface area (TPSA) is 38.3 Å². The van der Waals surface area contributed by atoms with Gasteiger partial charge in [0.25, 0.3) is 0 Å². The van der Waals surface area contributed by atoms with Gasteiger partial charge in [-0.05, 0) is 23.8 Å². The van der Waals surface area contributed by atoms with Crippen molar-refractivity contribution in [3.05, 3.63) is 66.2 Å². The highest BCUT2D eigenvalue weighted by atomic mass is 16.5. The second kappa shape index (κ2) is 5.70. The van der Waals surface area contributed by atoms with Gasteiger partial charge < -0.3 is 4.74 Å². The molecule has 2 aromatic rings. The van der Waals surface area contributed by atoms with Crippen molar-refractivity contribution in [2.45, 2.75) is 6.61 Å². The minimum absolute atomic E-state index is 0.267. The lowest BCUT2D eigenvalue weighted by molar-refractivity contribution is 0.155. The van der Waals surface area contributed by atoms with Crippen molar-refractivity contribution < 1.29 is 9.53 Å². The Balaban J connectivity index is 1.83. The minimum atomic E-state index is -0.464. The zero-order valence-corrected chi connectivity index (χ0v) is 9.22. The summed E-state index contributed by atoms with van der Waals surface area (Å²) in [5.74, 6) is 0. The maximum atomic E-state index is 11.4. The van der Waals surface area contributed by atoms with E-state index in [0.29, 0.717) is 5.69 Å². The number of amides is 1. The third kappa shape index (κ3) is 3.65. The molecule has 0 aliphatic heterocycles. The van der Waals surface area contributed by atoms with Gasteiger partial charge in [-0.15, -0.1) is 0 Å². The van der Waals surface area contributed by atoms with Gasteiger partial charge in [-0.2, -0.15) is 0 Å². The molecular formula is C14H12NO2. The zero-order valence-electron chi connectivity index (χ0n) is 9.22. The number of hydrogen-bond donors (Lipinski definition) is 1. The Morgan fingerprint density at radius 3 is 2.71 bits per heavy atom. The normalized spacial score (nSPS) is 9.65. The summed E-state index contributed by atoms with van der Waals surface area (Å²) in [7, 11) is 0. The van der Waals surface area contributed by atoms with E-state index in [1.54, 1.807) is 24.3 Å². The number of rotatable bonds is 3. The summed E-state index contributed by atoms with van der Waals surface area (Å²) in [5.41, 5.74) is 1.63. The zero-order chi connectivity index (χ0) is 11.9. The van der Waals surface area contributed by atoms with Crippen molar-refractivity contribution >= 4 is 11.8 Å². The van der Waals surface area contributed by atoms with Crippen molar-refractivity contribution in [2.75, 3.05) is 5.32 Å². The van der Waals surface area contributed by atoms with Crippen molar-refractivity contribution in [1.29, 1.82) is 0 Å². The fourth-order valence-corrected chi connectivity index (χ4v) is 1.35. The van der Waals surface area contributed by atoms with Gasteiger partial charge in [-0.3, -0.25) is 5.32 Å². The van der Waals surface area contributed by atoms with Crippen LogP contribution in [0.25, 0.3) is 0 Å². The Morgan fingerprint density at radius 1 is 1.18 bits per heavy atom. The summed E-state index contributed by atoms with van der Waals surface area (Å²) in [4.78, 5) is 11.4. The molecule has 2 rings (SSSR count). The standard InChI is InChI=1S/C14H12NO2/c16-14(15-13-9-5-2-6-10-13)17-11-12-7-3-1-4-8-12/h1-5,7-10H,11H2,(H,15,16). The molecule has 0 aliphatic carbocycles. The van der Waals surface area contributed by atoms with Crippen molar-refractivity contribution in [3.8, 4) is 0 Å². The second-order valence-corrected chi connectivity index (χ2v) is 3.48. The highest BCUT2D eigenvalue weighted by molar-refractivity contribution is 5.84. The Labute approximate surface area is 100 Å². The predicted octanol–water partition coefficient (Wildman–Crippen LogP) is 3.24. The van der Waals surface area contributed by atoms with Crippen LogP contribution in [0.15, 0.2) is 54.6 Å². The number of anilines is 1. The smallest absolute Gasteiger partial charge is 0.411 e. The SMILES string of the molecule is O=C(Nc1c[c]ccc1)OCc1ccccc1. The average molecular weight is 226 g/mol. The highest BCUT2D eigenvalue weighted by Crippen LogP contribution is 2.06. The lowest BCUT2D eigenvalue weighted by Crippen LogP contribution is -2.13. The lowest BCUT2D eigenvalue weighted by Gasteiger charge is -2.06. The molecule has 3 nitrogen and oxygen atoms in total. The minimum Gasteiger partial charge on any atom is -0.444 e. The van der Waals surface area contributed by atoms with Gasteiger partial charge >= 0.3 is 6.09 Å². The molecule has 3 heteroatoms. The van der Waals surface area contributed by atoms with Gasteiger partial charge in [0.1, 0.15) is 6.61 Å². The first-order chi connectivity index (χ1) is 8.34. The van der Waals surface area contributed by atoms with Gasteiger partial charge in [0, 0.05) is 5.69 Å². The predicted molar refractivity (Wildman–Crippen MR) is 65.5 cm³/mol. The molecule has 1 amide bonds. The number of benzene rings is 2. The fraction of sp³-hybridized carbons (Fsp3) is 0.0714. The van der Waals surface area contributed by atoms with Crippen LogP contribution in [0.3, 0.4) is 0 Å². The van der Waals surface area contributed by atoms with Crippen LogP contribution in [0.4, 0.5) is 10.5 Å². The molecule has 0 aromatic heterocycles. The van der Waals surface area contributed by atoms with Crippen LogP contribution in [-0.4, -0.2) is 6.09 Å². The Kier molecular flexibility index (Phi) is 3.76. The first-order valence-corrected chi connectivity index (χ1v) is 5.28. The average Bonchev–Trinajstić information content (AvgIpc) is 2.39. The van der Waals surface area contributed by atoms with Crippen molar-refractivity contribution in [1.82, 2.24) is 0 Å². The molecule has 2 aromatic carbocycles. The van der Waals surface area contributed by atoms with E-state index in [2.05, 4.69) is 11.4 Å². The summed E-state index contributed by atoms with van der Waals surface area (Å²) in [6, 6.07) is 19.4. The molecule has 1 N–H and O–H groups in total. The maximum absolute atomic E-state index is 11.4. The molecule has 0 unspecified atom stereocenters. The van der Waals surface area contributed by atoms with Crippen LogP contribution < -0.4 is 5.32 Å². The third-order valence-corrected chi connectivity index (χ3v) is 2.17. The Morgan fingerprint density at radius 2 is 2.00 bits per heavy atom. The molecule has 0 saturated carbocycles. The van der Waals surface area contributed by atoms with Gasteiger partial charge in [0.05, 0.1) is 0 Å². The van der Waals surface area contributed by atoms with E-state index in [1.807, 2.05) is 30.3 Å². The summed E-state index contributed by atoms with van der Waals surface area (Å²) >= 11 is 0. The molecule has 0 saturated heterocycles. The van der Waals surface area contributed by atoms with E-state index in [-0.39, 0.29) is 6.61 Å². The Bertz CT molecular complexity index is 468. The van der Waals surface area contributed by atoms with Crippen LogP contribution in [0.1, 0.15) is 5.56 Å². The number of nitrogens with one attached hydrogen (secondary N) is 1. The number of carbonyl (C=O) groups excluding carboxylic acids is 1. The largest absolute Gasteiger partial charge is 0.444 e. The molecular weight excluding hydrogens is 214 g/mol. The first kappa shape index (κ1) is 11.2. The van der Waals surface area contributed by atoms with E-state index < -0.39 is 6.09 Å². The number of hydrogen-bond acceptors (Lipinski definition) is 2. The number of carbonyl (C=O) groups is 1. The number of ether oxygens (including phenoxy) is 1. The van der Waals surface area contributed by atoms with Gasteiger partial charge in [-0.1, -0.05) is 42.5 Å². The van der Waals surface area contributed by atoms with Crippen molar-refractivity contribution in [3.63, 3.8) is 0 Å². The summed E-state index contributed by atoms with van der Waals surface area (Å²) in [5, 5.41) is 2.62. The van der Waals surface area contributed by atoms with Crippen LogP contribution in [0, 0.1) is 6.07 Å². The third-order valence-electron chi connectivity index (χ3n) is 2.17. The summed E-state index contributed by atoms with van der Waals surface area (Å²) in [6.45, 7) is 0.267. The molecule has 17 heavy (non-hydrogen) atoms. The quantitative estimate of drug-likeness (QED) is 0.872. The summed E-state index contributed by atoms with van der Waals surface area (Å²) in [6.07, 6.45) is -0.464. The highest BCUT2D eigenvalue weighted by Gasteiger charge is 2.02. The van der Waals surface area contributed by atoms with Crippen LogP contribution in [0.2, 0.25) is 0 Å². The molecule has 0 spiro atoms. The maximum Gasteiger partial charge on any atom is 0.411 e. The molecule has 0 fully saturated rings. The molecule has 1 radical (unpaired) electrons. The van der Waals surface area contributed by atoms with Gasteiger partial charge in [0.2, 0.25) is 0 Å². The van der Waals surface area contributed by atoms with Crippen LogP contribution >= 0.6 is 0 Å². The molecule has 0 atom stereocenters. The van der Waals surface area contributed by atoms with E-state index in [9.17, 15) is 4.79 Å². The summed E-state index contributed by atoms with van der Waals surface area (Å²) < 4.78 is 5.07. The molecule has 0 aliphatic rings. The molecule has 0 bridgehead atoms. The van der Waals surface area contributed by atoms with Crippen molar-refractivity contribution in [2.24, 2.45) is 0 Å². The van der Waals surface area contributed by atoms with Crippen LogP contribution in [-0.2, 0) is 11.3 Å².